The lowest BCUT2D eigenvalue weighted by Gasteiger charge is -2.14. The van der Waals surface area contributed by atoms with Crippen LogP contribution in [0.2, 0.25) is 0 Å². The van der Waals surface area contributed by atoms with Crippen LogP contribution in [-0.2, 0) is 0 Å². The first-order chi connectivity index (χ1) is 12.6. The van der Waals surface area contributed by atoms with Gasteiger partial charge in [0.05, 0.1) is 6.61 Å². The normalized spacial score (nSPS) is 10.8. The number of pyridine rings is 1. The maximum Gasteiger partial charge on any atom is 0.342 e. The number of hydrogen-bond acceptors (Lipinski definition) is 5. The Balaban J connectivity index is 2.70. The summed E-state index contributed by atoms with van der Waals surface area (Å²) < 4.78 is 19.5. The number of H-pyrrole nitrogens is 1. The molecular formula is C18H19FN2O6. The fourth-order valence-electron chi connectivity index (χ4n) is 2.54. The standard InChI is InChI=1S/C18H19FN2O6/c1-8(2)3-4-27-11-6-9(5-10(19)7-11)12-13(17(23)24)15(20)21-16(22)14(12)18(25)26/h5-8H,3-4H2,1-2H3,(H,23,24)(H,25,26)(H3,20,21,22). The van der Waals surface area contributed by atoms with Crippen LogP contribution in [0.3, 0.4) is 0 Å². The van der Waals surface area contributed by atoms with E-state index in [0.29, 0.717) is 12.3 Å². The summed E-state index contributed by atoms with van der Waals surface area (Å²) in [5, 5.41) is 18.8. The van der Waals surface area contributed by atoms with E-state index in [1.807, 2.05) is 18.8 Å². The molecule has 2 aromatic rings. The van der Waals surface area contributed by atoms with E-state index in [1.165, 1.54) is 6.07 Å². The summed E-state index contributed by atoms with van der Waals surface area (Å²) in [4.78, 5) is 37.2. The average molecular weight is 378 g/mol. The highest BCUT2D eigenvalue weighted by molar-refractivity contribution is 6.07. The van der Waals surface area contributed by atoms with Gasteiger partial charge in [-0.25, -0.2) is 14.0 Å². The maximum atomic E-state index is 14.1. The SMILES string of the molecule is CC(C)CCOc1cc(F)cc(-c2c(C(=O)O)c(N)[nH]c(=O)c2C(=O)O)c1. The van der Waals surface area contributed by atoms with Crippen molar-refractivity contribution in [3.05, 3.63) is 45.5 Å². The number of halogens is 1. The molecule has 0 saturated heterocycles. The van der Waals surface area contributed by atoms with Crippen LogP contribution in [0.1, 0.15) is 41.0 Å². The number of aromatic carboxylic acids is 2. The van der Waals surface area contributed by atoms with Gasteiger partial charge in [0, 0.05) is 11.6 Å². The van der Waals surface area contributed by atoms with Gasteiger partial charge in [0.1, 0.15) is 28.5 Å². The first kappa shape index (κ1) is 20.0. The number of benzene rings is 1. The quantitative estimate of drug-likeness (QED) is 0.580. The Labute approximate surface area is 153 Å². The minimum atomic E-state index is -1.67. The molecule has 0 aliphatic carbocycles. The van der Waals surface area contributed by atoms with E-state index in [2.05, 4.69) is 0 Å². The second-order valence-electron chi connectivity index (χ2n) is 6.31. The van der Waals surface area contributed by atoms with E-state index in [1.54, 1.807) is 0 Å². The second-order valence-corrected chi connectivity index (χ2v) is 6.31. The lowest BCUT2D eigenvalue weighted by molar-refractivity contribution is 0.0695. The molecule has 1 heterocycles. The summed E-state index contributed by atoms with van der Waals surface area (Å²) in [5.74, 6) is -4.11. The summed E-state index contributed by atoms with van der Waals surface area (Å²) >= 11 is 0. The minimum Gasteiger partial charge on any atom is -0.493 e. The molecular weight excluding hydrogens is 359 g/mol. The summed E-state index contributed by atoms with van der Waals surface area (Å²) in [7, 11) is 0. The molecule has 0 aliphatic heterocycles. The van der Waals surface area contributed by atoms with Crippen LogP contribution in [0.4, 0.5) is 10.2 Å². The van der Waals surface area contributed by atoms with Crippen molar-refractivity contribution < 1.29 is 28.9 Å². The van der Waals surface area contributed by atoms with Gasteiger partial charge in [-0.05, 0) is 30.0 Å². The largest absolute Gasteiger partial charge is 0.493 e. The van der Waals surface area contributed by atoms with Gasteiger partial charge in [-0.3, -0.25) is 4.79 Å². The first-order valence-corrected chi connectivity index (χ1v) is 8.08. The van der Waals surface area contributed by atoms with Crippen molar-refractivity contribution >= 4 is 17.8 Å². The van der Waals surface area contributed by atoms with Crippen molar-refractivity contribution in [2.24, 2.45) is 5.92 Å². The molecule has 0 saturated carbocycles. The molecule has 0 atom stereocenters. The van der Waals surface area contributed by atoms with Crippen LogP contribution in [0.5, 0.6) is 5.75 Å². The Morgan fingerprint density at radius 1 is 1.19 bits per heavy atom. The number of carbonyl (C=O) groups is 2. The monoisotopic (exact) mass is 378 g/mol. The van der Waals surface area contributed by atoms with Crippen LogP contribution in [0, 0.1) is 11.7 Å². The zero-order valence-electron chi connectivity index (χ0n) is 14.7. The summed E-state index contributed by atoms with van der Waals surface area (Å²) in [6.07, 6.45) is 0.699. The number of nitrogens with two attached hydrogens (primary N) is 1. The number of hydrogen-bond donors (Lipinski definition) is 4. The summed E-state index contributed by atoms with van der Waals surface area (Å²) in [5.41, 5.74) is 2.37. The first-order valence-electron chi connectivity index (χ1n) is 8.08. The number of aromatic amines is 1. The molecule has 0 aliphatic rings. The lowest BCUT2D eigenvalue weighted by Crippen LogP contribution is -2.24. The van der Waals surface area contributed by atoms with Crippen molar-refractivity contribution in [3.63, 3.8) is 0 Å². The average Bonchev–Trinajstić information content (AvgIpc) is 2.52. The van der Waals surface area contributed by atoms with Crippen LogP contribution < -0.4 is 16.0 Å². The number of nitrogen functional groups attached to an aromatic ring is 1. The Morgan fingerprint density at radius 2 is 1.81 bits per heavy atom. The zero-order chi connectivity index (χ0) is 20.3. The van der Waals surface area contributed by atoms with Gasteiger partial charge in [-0.2, -0.15) is 0 Å². The third-order valence-electron chi connectivity index (χ3n) is 3.80. The molecule has 144 valence electrons. The van der Waals surface area contributed by atoms with Crippen molar-refractivity contribution in [2.45, 2.75) is 20.3 Å². The summed E-state index contributed by atoms with van der Waals surface area (Å²) in [6, 6.07) is 3.28. The molecule has 9 heteroatoms. The van der Waals surface area contributed by atoms with Gasteiger partial charge in [0.2, 0.25) is 0 Å². The number of aromatic nitrogens is 1. The Bertz CT molecular complexity index is 952. The van der Waals surface area contributed by atoms with Crippen molar-refractivity contribution in [1.29, 1.82) is 0 Å². The van der Waals surface area contributed by atoms with E-state index in [-0.39, 0.29) is 17.9 Å². The number of ether oxygens (including phenoxy) is 1. The number of carboxylic acid groups (broad SMARTS) is 2. The van der Waals surface area contributed by atoms with Crippen LogP contribution in [0.15, 0.2) is 23.0 Å². The zero-order valence-corrected chi connectivity index (χ0v) is 14.7. The number of rotatable bonds is 7. The van der Waals surface area contributed by atoms with E-state index in [0.717, 1.165) is 12.1 Å². The van der Waals surface area contributed by atoms with E-state index < -0.39 is 45.8 Å². The van der Waals surface area contributed by atoms with E-state index in [9.17, 15) is 29.0 Å². The molecule has 0 amide bonds. The lowest BCUT2D eigenvalue weighted by atomic mass is 9.95. The maximum absolute atomic E-state index is 14.1. The predicted octanol–water partition coefficient (Wildman–Crippen LogP) is 2.58. The van der Waals surface area contributed by atoms with Crippen LogP contribution >= 0.6 is 0 Å². The predicted molar refractivity (Wildman–Crippen MR) is 95.7 cm³/mol. The topological polar surface area (TPSA) is 143 Å². The molecule has 0 fully saturated rings. The Hall–Kier alpha value is -3.36. The molecule has 0 radical (unpaired) electrons. The number of carboxylic acids is 2. The highest BCUT2D eigenvalue weighted by Crippen LogP contribution is 2.32. The molecule has 1 aromatic heterocycles. The second kappa shape index (κ2) is 7.90. The highest BCUT2D eigenvalue weighted by atomic mass is 19.1. The van der Waals surface area contributed by atoms with Crippen molar-refractivity contribution in [2.75, 3.05) is 12.3 Å². The third-order valence-corrected chi connectivity index (χ3v) is 3.80. The van der Waals surface area contributed by atoms with Gasteiger partial charge >= 0.3 is 11.9 Å². The van der Waals surface area contributed by atoms with E-state index >= 15 is 0 Å². The Kier molecular flexibility index (Phi) is 5.84. The molecule has 2 rings (SSSR count). The van der Waals surface area contributed by atoms with Crippen LogP contribution in [-0.4, -0.2) is 33.7 Å². The number of nitrogens with one attached hydrogen (secondary N) is 1. The van der Waals surface area contributed by atoms with Gasteiger partial charge in [0.25, 0.3) is 5.56 Å². The number of anilines is 1. The van der Waals surface area contributed by atoms with Gasteiger partial charge in [-0.1, -0.05) is 13.8 Å². The molecule has 1 aromatic carbocycles. The highest BCUT2D eigenvalue weighted by Gasteiger charge is 2.27. The minimum absolute atomic E-state index is 0.0807. The fraction of sp³-hybridized carbons (Fsp3) is 0.278. The molecule has 0 unspecified atom stereocenters. The van der Waals surface area contributed by atoms with E-state index in [4.69, 9.17) is 10.5 Å². The molecule has 5 N–H and O–H groups in total. The van der Waals surface area contributed by atoms with Crippen molar-refractivity contribution in [1.82, 2.24) is 4.98 Å². The van der Waals surface area contributed by atoms with Gasteiger partial charge in [0.15, 0.2) is 0 Å². The molecule has 0 spiro atoms. The van der Waals surface area contributed by atoms with Crippen molar-refractivity contribution in [3.8, 4) is 16.9 Å². The smallest absolute Gasteiger partial charge is 0.342 e. The fourth-order valence-corrected chi connectivity index (χ4v) is 2.54. The van der Waals surface area contributed by atoms with Gasteiger partial charge < -0.3 is 25.7 Å². The molecule has 0 bridgehead atoms. The molecule has 27 heavy (non-hydrogen) atoms. The Morgan fingerprint density at radius 3 is 2.37 bits per heavy atom. The summed E-state index contributed by atoms with van der Waals surface area (Å²) in [6.45, 7) is 4.25. The van der Waals surface area contributed by atoms with Gasteiger partial charge in [-0.15, -0.1) is 0 Å². The molecule has 8 nitrogen and oxygen atoms in total. The third kappa shape index (κ3) is 4.43. The van der Waals surface area contributed by atoms with Crippen LogP contribution in [0.25, 0.3) is 11.1 Å².